The van der Waals surface area contributed by atoms with E-state index in [1.807, 2.05) is 0 Å². The number of nitro groups is 2. The topological polar surface area (TPSA) is 198 Å². The second-order valence-electron chi connectivity index (χ2n) is 7.78. The van der Waals surface area contributed by atoms with Crippen molar-refractivity contribution in [1.82, 2.24) is 0 Å². The maximum atomic E-state index is 12.0. The molecule has 16 heteroatoms. The number of hydrogen-bond acceptors (Lipinski definition) is 10. The van der Waals surface area contributed by atoms with Crippen LogP contribution in [0.5, 0.6) is 11.5 Å². The number of nitrogens with zero attached hydrogens (tertiary/aromatic N) is 2. The van der Waals surface area contributed by atoms with Gasteiger partial charge in [0.05, 0.1) is 21.0 Å². The lowest BCUT2D eigenvalue weighted by molar-refractivity contribution is -0.385. The summed E-state index contributed by atoms with van der Waals surface area (Å²) in [5.41, 5.74) is -1.95. The zero-order valence-electron chi connectivity index (χ0n) is 20.9. The van der Waals surface area contributed by atoms with Crippen LogP contribution in [0.2, 0.25) is 10.0 Å². The summed E-state index contributed by atoms with van der Waals surface area (Å²) in [6.07, 6.45) is -0.878. The molecule has 0 aliphatic carbocycles. The summed E-state index contributed by atoms with van der Waals surface area (Å²) in [4.78, 5) is 44.8. The van der Waals surface area contributed by atoms with Gasteiger partial charge in [0, 0.05) is 24.3 Å². The molecule has 0 spiro atoms. The monoisotopic (exact) mass is 590 g/mol. The van der Waals surface area contributed by atoms with Crippen molar-refractivity contribution >= 4 is 46.5 Å². The highest BCUT2D eigenvalue weighted by atomic mass is 35.5. The van der Waals surface area contributed by atoms with Gasteiger partial charge in [-0.05, 0) is 18.9 Å². The Morgan fingerprint density at radius 3 is 2.05 bits per heavy atom. The van der Waals surface area contributed by atoms with Crippen LogP contribution in [0.3, 0.4) is 0 Å². The standard InChI is InChI=1S/C23H24Cl2N2O12/c1-4-13-17(23(30)31)14(5-2)21(19(25)20(13)27(34)35)38-9-12(39-10-36-3)8-37-16-7-11(22(28)29)6-15(18(16)24)26(32)33/h6-7,12H,4-5,8-10H2,1-3H3,(H,28,29)(H,30,31). The van der Waals surface area contributed by atoms with Crippen molar-refractivity contribution in [3.63, 3.8) is 0 Å². The first-order chi connectivity index (χ1) is 18.4. The number of carbonyl (C=O) groups is 2. The van der Waals surface area contributed by atoms with Crippen LogP contribution in [-0.2, 0) is 22.3 Å². The highest BCUT2D eigenvalue weighted by Gasteiger charge is 2.33. The molecule has 0 aliphatic heterocycles. The molecular formula is C23H24Cl2N2O12. The van der Waals surface area contributed by atoms with E-state index in [1.165, 1.54) is 7.11 Å². The average molecular weight is 591 g/mol. The molecule has 0 fully saturated rings. The number of benzene rings is 2. The molecule has 1 atom stereocenters. The number of halogens is 2. The minimum Gasteiger partial charge on any atom is -0.489 e. The molecule has 2 rings (SSSR count). The van der Waals surface area contributed by atoms with Gasteiger partial charge in [-0.1, -0.05) is 37.0 Å². The number of methoxy groups -OCH3 is 1. The fourth-order valence-corrected chi connectivity index (χ4v) is 4.26. The minimum atomic E-state index is -1.46. The third-order valence-corrected chi connectivity index (χ3v) is 6.13. The van der Waals surface area contributed by atoms with Gasteiger partial charge in [-0.3, -0.25) is 20.2 Å². The Kier molecular flexibility index (Phi) is 11.2. The number of rotatable bonds is 15. The summed E-state index contributed by atoms with van der Waals surface area (Å²) in [6.45, 7) is 2.12. The number of nitro benzene ring substituents is 2. The van der Waals surface area contributed by atoms with Crippen LogP contribution < -0.4 is 9.47 Å². The first-order valence-corrected chi connectivity index (χ1v) is 12.0. The number of ether oxygens (including phenoxy) is 4. The van der Waals surface area contributed by atoms with Crippen LogP contribution in [0, 0.1) is 20.2 Å². The second kappa shape index (κ2) is 13.9. The molecule has 0 aromatic heterocycles. The van der Waals surface area contributed by atoms with E-state index < -0.39 is 68.1 Å². The second-order valence-corrected chi connectivity index (χ2v) is 8.54. The Bertz CT molecular complexity index is 1280. The van der Waals surface area contributed by atoms with Gasteiger partial charge in [-0.15, -0.1) is 0 Å². The SMILES string of the molecule is CCc1c(OCC(COc2cc(C(=O)O)cc([N+](=O)[O-])c2Cl)OCOC)c(Cl)c([N+](=O)[O-])c(CC)c1C(=O)O. The molecule has 0 bridgehead atoms. The molecule has 1 unspecified atom stereocenters. The van der Waals surface area contributed by atoms with Crippen LogP contribution in [0.15, 0.2) is 12.1 Å². The molecular weight excluding hydrogens is 567 g/mol. The highest BCUT2D eigenvalue weighted by Crippen LogP contribution is 2.43. The van der Waals surface area contributed by atoms with E-state index in [2.05, 4.69) is 0 Å². The van der Waals surface area contributed by atoms with Crippen molar-refractivity contribution in [3.8, 4) is 11.5 Å². The fourth-order valence-electron chi connectivity index (χ4n) is 3.68. The number of hydrogen-bond donors (Lipinski definition) is 2. The summed E-state index contributed by atoms with van der Waals surface area (Å²) >= 11 is 12.4. The predicted octanol–water partition coefficient (Wildman–Crippen LogP) is 4.78. The summed E-state index contributed by atoms with van der Waals surface area (Å²) in [5.74, 6) is -3.40. The van der Waals surface area contributed by atoms with Crippen LogP contribution in [-0.4, -0.2) is 65.2 Å². The van der Waals surface area contributed by atoms with Crippen LogP contribution in [0.4, 0.5) is 11.4 Å². The number of aromatic carboxylic acids is 2. The van der Waals surface area contributed by atoms with Crippen molar-refractivity contribution in [2.24, 2.45) is 0 Å². The van der Waals surface area contributed by atoms with Crippen LogP contribution in [0.25, 0.3) is 0 Å². The molecule has 2 aromatic carbocycles. The van der Waals surface area contributed by atoms with Crippen molar-refractivity contribution in [2.45, 2.75) is 32.8 Å². The Morgan fingerprint density at radius 1 is 0.949 bits per heavy atom. The van der Waals surface area contributed by atoms with Crippen molar-refractivity contribution < 1.29 is 48.6 Å². The van der Waals surface area contributed by atoms with Crippen LogP contribution >= 0.6 is 23.2 Å². The third kappa shape index (κ3) is 7.23. The van der Waals surface area contributed by atoms with Crippen molar-refractivity contribution in [1.29, 1.82) is 0 Å². The van der Waals surface area contributed by atoms with Gasteiger partial charge in [-0.2, -0.15) is 0 Å². The summed E-state index contributed by atoms with van der Waals surface area (Å²) in [6, 6.07) is 1.77. The maximum Gasteiger partial charge on any atom is 0.336 e. The molecule has 212 valence electrons. The Hall–Kier alpha value is -3.72. The quantitative estimate of drug-likeness (QED) is 0.164. The fraction of sp³-hybridized carbons (Fsp3) is 0.391. The summed E-state index contributed by atoms with van der Waals surface area (Å²) < 4.78 is 21.6. The first-order valence-electron chi connectivity index (χ1n) is 11.2. The zero-order valence-corrected chi connectivity index (χ0v) is 22.4. The lowest BCUT2D eigenvalue weighted by Gasteiger charge is -2.22. The molecule has 0 amide bonds. The van der Waals surface area contributed by atoms with Crippen LogP contribution in [0.1, 0.15) is 45.7 Å². The van der Waals surface area contributed by atoms with Crippen molar-refractivity contribution in [3.05, 3.63) is 64.7 Å². The maximum absolute atomic E-state index is 12.0. The van der Waals surface area contributed by atoms with Gasteiger partial charge in [-0.25, -0.2) is 9.59 Å². The smallest absolute Gasteiger partial charge is 0.336 e. The van der Waals surface area contributed by atoms with Gasteiger partial charge >= 0.3 is 11.9 Å². The summed E-state index contributed by atoms with van der Waals surface area (Å²) in [5, 5.41) is 41.3. The van der Waals surface area contributed by atoms with E-state index in [4.69, 9.17) is 42.1 Å². The predicted molar refractivity (Wildman–Crippen MR) is 137 cm³/mol. The molecule has 14 nitrogen and oxygen atoms in total. The lowest BCUT2D eigenvalue weighted by Crippen LogP contribution is -2.30. The van der Waals surface area contributed by atoms with E-state index in [0.29, 0.717) is 0 Å². The summed E-state index contributed by atoms with van der Waals surface area (Å²) in [7, 11) is 1.33. The molecule has 2 aromatic rings. The molecule has 0 saturated carbocycles. The largest absolute Gasteiger partial charge is 0.489 e. The highest BCUT2D eigenvalue weighted by molar-refractivity contribution is 6.35. The molecule has 0 heterocycles. The zero-order chi connectivity index (χ0) is 29.4. The van der Waals surface area contributed by atoms with Gasteiger partial charge < -0.3 is 29.2 Å². The Balaban J connectivity index is 2.45. The van der Waals surface area contributed by atoms with E-state index >= 15 is 0 Å². The van der Waals surface area contributed by atoms with E-state index in [0.717, 1.165) is 12.1 Å². The minimum absolute atomic E-state index is 0.0284. The Labute approximate surface area is 231 Å². The van der Waals surface area contributed by atoms with Gasteiger partial charge in [0.25, 0.3) is 11.4 Å². The molecule has 0 saturated heterocycles. The van der Waals surface area contributed by atoms with E-state index in [1.54, 1.807) is 13.8 Å². The molecule has 39 heavy (non-hydrogen) atoms. The number of carboxylic acid groups (broad SMARTS) is 2. The van der Waals surface area contributed by atoms with E-state index in [-0.39, 0.29) is 47.8 Å². The third-order valence-electron chi connectivity index (χ3n) is 5.40. The normalized spacial score (nSPS) is 11.6. The molecule has 0 radical (unpaired) electrons. The van der Waals surface area contributed by atoms with Gasteiger partial charge in [0.1, 0.15) is 37.6 Å². The van der Waals surface area contributed by atoms with Crippen molar-refractivity contribution in [2.75, 3.05) is 27.1 Å². The Morgan fingerprint density at radius 2 is 1.56 bits per heavy atom. The lowest BCUT2D eigenvalue weighted by atomic mass is 9.94. The number of carboxylic acids is 2. The molecule has 0 aliphatic rings. The molecule has 2 N–H and O–H groups in total. The van der Waals surface area contributed by atoms with Gasteiger partial charge in [0.2, 0.25) is 0 Å². The van der Waals surface area contributed by atoms with E-state index in [9.17, 15) is 40.0 Å². The first kappa shape index (κ1) is 31.5. The van der Waals surface area contributed by atoms with Gasteiger partial charge in [0.15, 0.2) is 10.0 Å². The average Bonchev–Trinajstić information content (AvgIpc) is 2.87.